The minimum atomic E-state index is -5.17. The van der Waals surface area contributed by atoms with Crippen LogP contribution in [0.25, 0.3) is 0 Å². The van der Waals surface area contributed by atoms with Crippen LogP contribution in [0.15, 0.2) is 17.0 Å². The van der Waals surface area contributed by atoms with Crippen molar-refractivity contribution in [2.24, 2.45) is 0 Å². The number of aliphatic hydroxyl groups is 1. The lowest BCUT2D eigenvalue weighted by Gasteiger charge is -2.25. The smallest absolute Gasteiger partial charge is 0.373 e. The number of carbonyl (C=O) groups excluding carboxylic acids is 1. The van der Waals surface area contributed by atoms with Crippen molar-refractivity contribution in [3.63, 3.8) is 0 Å². The number of anilines is 1. The van der Waals surface area contributed by atoms with Gasteiger partial charge in [0.2, 0.25) is 5.60 Å². The summed E-state index contributed by atoms with van der Waals surface area (Å²) in [6.07, 6.45) is -5.17. The van der Waals surface area contributed by atoms with E-state index in [-0.39, 0.29) is 15.8 Å². The predicted octanol–water partition coefficient (Wildman–Crippen LogP) is 4.23. The topological polar surface area (TPSA) is 49.3 Å². The molecule has 1 rings (SSSR count). The molecule has 0 spiro atoms. The lowest BCUT2D eigenvalue weighted by atomic mass is 10.1. The Kier molecular flexibility index (Phi) is 5.75. The van der Waals surface area contributed by atoms with Crippen molar-refractivity contribution in [3.05, 3.63) is 23.0 Å². The fraction of sp³-hybridized carbons (Fsp3) is 0.462. The molecule has 2 N–H and O–H groups in total. The van der Waals surface area contributed by atoms with Crippen LogP contribution < -0.4 is 5.32 Å². The monoisotopic (exact) mass is 359 g/mol. The molecule has 0 heterocycles. The zero-order valence-corrected chi connectivity index (χ0v) is 13.5. The predicted molar refractivity (Wildman–Crippen MR) is 77.7 cm³/mol. The third-order valence-corrected chi connectivity index (χ3v) is 4.06. The molecule has 0 saturated carbocycles. The van der Waals surface area contributed by atoms with E-state index in [9.17, 15) is 27.5 Å². The van der Waals surface area contributed by atoms with Gasteiger partial charge in [-0.3, -0.25) is 4.79 Å². The molecule has 0 radical (unpaired) electrons. The van der Waals surface area contributed by atoms with Crippen LogP contribution in [0, 0.1) is 5.82 Å². The van der Waals surface area contributed by atoms with Crippen LogP contribution in [0.1, 0.15) is 20.8 Å². The molecular formula is C13H14ClF4NO2S. The molecule has 1 atom stereocenters. The van der Waals surface area contributed by atoms with E-state index < -0.39 is 28.5 Å². The van der Waals surface area contributed by atoms with Crippen LogP contribution in [0.2, 0.25) is 5.02 Å². The number of benzene rings is 1. The molecule has 1 aromatic rings. The summed E-state index contributed by atoms with van der Waals surface area (Å²) in [5, 5.41) is 10.6. The summed E-state index contributed by atoms with van der Waals surface area (Å²) in [4.78, 5) is 11.7. The molecule has 0 saturated heterocycles. The van der Waals surface area contributed by atoms with E-state index in [0.29, 0.717) is 6.92 Å². The van der Waals surface area contributed by atoms with Gasteiger partial charge in [0.1, 0.15) is 5.02 Å². The van der Waals surface area contributed by atoms with Crippen LogP contribution in [-0.4, -0.2) is 28.0 Å². The summed E-state index contributed by atoms with van der Waals surface area (Å²) in [6.45, 7) is 3.96. The number of hydrogen-bond donors (Lipinski definition) is 2. The van der Waals surface area contributed by atoms with Gasteiger partial charge in [-0.25, -0.2) is 4.39 Å². The van der Waals surface area contributed by atoms with Crippen molar-refractivity contribution in [3.8, 4) is 0 Å². The molecule has 0 fully saturated rings. The van der Waals surface area contributed by atoms with Crippen LogP contribution >= 0.6 is 23.4 Å². The first-order valence-corrected chi connectivity index (χ1v) is 7.39. The van der Waals surface area contributed by atoms with Gasteiger partial charge in [-0.05, 0) is 19.1 Å². The van der Waals surface area contributed by atoms with Gasteiger partial charge in [-0.1, -0.05) is 25.4 Å². The average Bonchev–Trinajstić information content (AvgIpc) is 2.36. The van der Waals surface area contributed by atoms with Crippen molar-refractivity contribution in [2.75, 3.05) is 5.32 Å². The molecule has 3 nitrogen and oxygen atoms in total. The van der Waals surface area contributed by atoms with Gasteiger partial charge in [0.05, 0.1) is 5.69 Å². The van der Waals surface area contributed by atoms with Crippen molar-refractivity contribution in [1.29, 1.82) is 0 Å². The van der Waals surface area contributed by atoms with Crippen molar-refractivity contribution in [1.82, 2.24) is 0 Å². The normalized spacial score (nSPS) is 14.8. The lowest BCUT2D eigenvalue weighted by Crippen LogP contribution is -2.52. The molecule has 22 heavy (non-hydrogen) atoms. The standard InChI is InChI=1S/C13H14ClF4NO2S/c1-6(2)22-8-5-4-7(9(14)10(8)15)19-11(20)12(3,21)13(16,17)18/h4-6,21H,1-3H3,(H,19,20). The molecule has 0 aliphatic heterocycles. The maximum Gasteiger partial charge on any atom is 0.426 e. The van der Waals surface area contributed by atoms with E-state index in [0.717, 1.165) is 0 Å². The number of nitrogens with one attached hydrogen (secondary N) is 1. The maximum atomic E-state index is 14.0. The molecule has 1 amide bonds. The second-order valence-corrected chi connectivity index (χ2v) is 6.93. The lowest BCUT2D eigenvalue weighted by molar-refractivity contribution is -0.242. The molecule has 1 aromatic carbocycles. The van der Waals surface area contributed by atoms with E-state index in [1.807, 2.05) is 13.8 Å². The second-order valence-electron chi connectivity index (χ2n) is 4.93. The Balaban J connectivity index is 3.06. The second kappa shape index (κ2) is 6.64. The highest BCUT2D eigenvalue weighted by atomic mass is 35.5. The minimum absolute atomic E-state index is 0.0666. The summed E-state index contributed by atoms with van der Waals surface area (Å²) in [6, 6.07) is 2.48. The Hall–Kier alpha value is -0.990. The number of thioether (sulfide) groups is 1. The third-order valence-electron chi connectivity index (χ3n) is 2.65. The van der Waals surface area contributed by atoms with Gasteiger partial charge in [0, 0.05) is 10.1 Å². The third kappa shape index (κ3) is 4.05. The Morgan fingerprint density at radius 3 is 2.36 bits per heavy atom. The fourth-order valence-electron chi connectivity index (χ4n) is 1.35. The molecular weight excluding hydrogens is 346 g/mol. The van der Waals surface area contributed by atoms with Crippen molar-refractivity contribution < 1.29 is 27.5 Å². The van der Waals surface area contributed by atoms with Gasteiger partial charge >= 0.3 is 6.18 Å². The first kappa shape index (κ1) is 19.1. The van der Waals surface area contributed by atoms with Crippen molar-refractivity contribution >= 4 is 35.0 Å². The number of rotatable bonds is 4. The molecule has 1 unspecified atom stereocenters. The highest BCUT2D eigenvalue weighted by molar-refractivity contribution is 7.99. The molecule has 0 aromatic heterocycles. The summed E-state index contributed by atoms with van der Waals surface area (Å²) in [5.41, 5.74) is -3.96. The van der Waals surface area contributed by atoms with Gasteiger partial charge < -0.3 is 10.4 Å². The van der Waals surface area contributed by atoms with Gasteiger partial charge in [-0.15, -0.1) is 11.8 Å². The average molecular weight is 360 g/mol. The number of alkyl halides is 3. The summed E-state index contributed by atoms with van der Waals surface area (Å²) in [7, 11) is 0. The molecule has 9 heteroatoms. The Morgan fingerprint density at radius 1 is 1.36 bits per heavy atom. The largest absolute Gasteiger partial charge is 0.426 e. The minimum Gasteiger partial charge on any atom is -0.373 e. The van der Waals surface area contributed by atoms with E-state index >= 15 is 0 Å². The first-order valence-electron chi connectivity index (χ1n) is 6.13. The Bertz CT molecular complexity index is 576. The summed E-state index contributed by atoms with van der Waals surface area (Å²) < 4.78 is 51.7. The number of amides is 1. The fourth-order valence-corrected chi connectivity index (χ4v) is 2.47. The summed E-state index contributed by atoms with van der Waals surface area (Å²) in [5.74, 6) is -2.59. The van der Waals surface area contributed by atoms with Crippen LogP contribution in [0.3, 0.4) is 0 Å². The van der Waals surface area contributed by atoms with Crippen molar-refractivity contribution in [2.45, 2.75) is 42.7 Å². The number of carbonyl (C=O) groups is 1. The highest BCUT2D eigenvalue weighted by Gasteiger charge is 2.55. The van der Waals surface area contributed by atoms with Crippen LogP contribution in [0.5, 0.6) is 0 Å². The maximum absolute atomic E-state index is 14.0. The molecule has 0 aliphatic carbocycles. The summed E-state index contributed by atoms with van der Waals surface area (Å²) >= 11 is 6.90. The van der Waals surface area contributed by atoms with E-state index in [2.05, 4.69) is 0 Å². The molecule has 0 aliphatic rings. The molecule has 0 bridgehead atoms. The number of hydrogen-bond acceptors (Lipinski definition) is 3. The first-order chi connectivity index (χ1) is 9.87. The SMILES string of the molecule is CC(C)Sc1ccc(NC(=O)C(C)(O)C(F)(F)F)c(Cl)c1F. The Morgan fingerprint density at radius 2 is 1.91 bits per heavy atom. The van der Waals surface area contributed by atoms with E-state index in [4.69, 9.17) is 11.6 Å². The van der Waals surface area contributed by atoms with Gasteiger partial charge in [0.25, 0.3) is 5.91 Å². The Labute approximate surface area is 134 Å². The number of halogens is 5. The van der Waals surface area contributed by atoms with Gasteiger partial charge in [0.15, 0.2) is 5.82 Å². The highest BCUT2D eigenvalue weighted by Crippen LogP contribution is 2.36. The van der Waals surface area contributed by atoms with E-state index in [1.165, 1.54) is 23.9 Å². The van der Waals surface area contributed by atoms with Crippen LogP contribution in [-0.2, 0) is 4.79 Å². The quantitative estimate of drug-likeness (QED) is 0.624. The molecule has 124 valence electrons. The zero-order chi connectivity index (χ0) is 17.3. The van der Waals surface area contributed by atoms with Crippen LogP contribution in [0.4, 0.5) is 23.2 Å². The van der Waals surface area contributed by atoms with Gasteiger partial charge in [-0.2, -0.15) is 13.2 Å². The van der Waals surface area contributed by atoms with E-state index in [1.54, 1.807) is 5.32 Å². The zero-order valence-electron chi connectivity index (χ0n) is 11.9.